The molecule has 1 aliphatic heterocycles. The Kier molecular flexibility index (Phi) is 4.30. The molecule has 0 bridgehead atoms. The predicted octanol–water partition coefficient (Wildman–Crippen LogP) is 2.01. The Balaban J connectivity index is 1.46. The van der Waals surface area contributed by atoms with Crippen LogP contribution in [-0.2, 0) is 0 Å². The zero-order valence-electron chi connectivity index (χ0n) is 14.1. The Bertz CT molecular complexity index is 903. The molecule has 0 unspecified atom stereocenters. The molecular formula is C18H18N6O2. The molecular weight excluding hydrogens is 332 g/mol. The quantitative estimate of drug-likeness (QED) is 0.766. The number of aromatic nitrogens is 4. The molecule has 0 aliphatic carbocycles. The molecule has 8 heteroatoms. The first kappa shape index (κ1) is 16.2. The minimum absolute atomic E-state index is 0.190. The number of nitrogens with zero attached hydrogens (tertiary/aromatic N) is 5. The lowest BCUT2D eigenvalue weighted by Crippen LogP contribution is -2.34. The van der Waals surface area contributed by atoms with E-state index < -0.39 is 5.91 Å². The van der Waals surface area contributed by atoms with E-state index >= 15 is 0 Å². The number of pyridine rings is 2. The largest absolute Gasteiger partial charge is 0.371 e. The maximum absolute atomic E-state index is 11.6. The fraction of sp³-hybridized carbons (Fsp3) is 0.278. The van der Waals surface area contributed by atoms with Crippen LogP contribution in [0.1, 0.15) is 35.0 Å². The molecule has 132 valence electrons. The Morgan fingerprint density at radius 2 is 2.04 bits per heavy atom. The lowest BCUT2D eigenvalue weighted by Gasteiger charge is -2.32. The second-order valence-corrected chi connectivity index (χ2v) is 6.19. The zero-order chi connectivity index (χ0) is 17.9. The van der Waals surface area contributed by atoms with Crippen LogP contribution in [0.2, 0.25) is 0 Å². The van der Waals surface area contributed by atoms with Gasteiger partial charge in [0.05, 0.1) is 11.3 Å². The van der Waals surface area contributed by atoms with E-state index in [0.717, 1.165) is 31.6 Å². The van der Waals surface area contributed by atoms with Crippen molar-refractivity contribution in [2.24, 2.45) is 5.73 Å². The average molecular weight is 350 g/mol. The molecule has 8 nitrogen and oxygen atoms in total. The topological polar surface area (TPSA) is 111 Å². The van der Waals surface area contributed by atoms with Gasteiger partial charge in [-0.2, -0.15) is 4.98 Å². The van der Waals surface area contributed by atoms with Gasteiger partial charge in [0.25, 0.3) is 5.91 Å². The summed E-state index contributed by atoms with van der Waals surface area (Å²) >= 11 is 0. The van der Waals surface area contributed by atoms with Gasteiger partial charge in [-0.25, -0.2) is 0 Å². The Morgan fingerprint density at radius 1 is 1.19 bits per heavy atom. The number of hydrogen-bond acceptors (Lipinski definition) is 7. The summed E-state index contributed by atoms with van der Waals surface area (Å²) in [7, 11) is 0. The van der Waals surface area contributed by atoms with Crippen LogP contribution in [0, 0.1) is 0 Å². The number of hydrogen-bond donors (Lipinski definition) is 1. The third-order valence-electron chi connectivity index (χ3n) is 4.58. The molecule has 4 heterocycles. The summed E-state index contributed by atoms with van der Waals surface area (Å²) in [5, 5.41) is 4.04. The first-order valence-electron chi connectivity index (χ1n) is 8.46. The number of carbonyl (C=O) groups is 1. The van der Waals surface area contributed by atoms with Gasteiger partial charge in [0.2, 0.25) is 11.7 Å². The van der Waals surface area contributed by atoms with Crippen molar-refractivity contribution in [3.05, 3.63) is 54.3 Å². The van der Waals surface area contributed by atoms with Gasteiger partial charge in [-0.05, 0) is 31.0 Å². The number of carbonyl (C=O) groups excluding carboxylic acids is 1. The normalized spacial score (nSPS) is 15.2. The summed E-state index contributed by atoms with van der Waals surface area (Å²) in [5.74, 6) is 0.866. The summed E-state index contributed by atoms with van der Waals surface area (Å²) < 4.78 is 5.46. The maximum Gasteiger partial charge on any atom is 0.252 e. The number of piperidine rings is 1. The molecule has 0 aromatic carbocycles. The van der Waals surface area contributed by atoms with Crippen LogP contribution in [0.5, 0.6) is 0 Å². The molecule has 26 heavy (non-hydrogen) atoms. The molecule has 1 saturated heterocycles. The van der Waals surface area contributed by atoms with Crippen LogP contribution >= 0.6 is 0 Å². The highest BCUT2D eigenvalue weighted by atomic mass is 16.5. The van der Waals surface area contributed by atoms with Gasteiger partial charge in [-0.15, -0.1) is 0 Å². The third-order valence-corrected chi connectivity index (χ3v) is 4.58. The molecule has 1 amide bonds. The number of nitrogens with two attached hydrogens (primary N) is 1. The van der Waals surface area contributed by atoms with E-state index in [1.54, 1.807) is 12.4 Å². The Labute approximate surface area is 150 Å². The van der Waals surface area contributed by atoms with E-state index in [9.17, 15) is 4.79 Å². The molecule has 1 aliphatic rings. The van der Waals surface area contributed by atoms with Gasteiger partial charge in [0, 0.05) is 37.6 Å². The number of amides is 1. The Hall–Kier alpha value is -3.29. The minimum atomic E-state index is -0.466. The minimum Gasteiger partial charge on any atom is -0.371 e. The van der Waals surface area contributed by atoms with E-state index in [1.165, 1.54) is 6.20 Å². The van der Waals surface area contributed by atoms with Crippen molar-refractivity contribution in [2.45, 2.75) is 18.8 Å². The van der Waals surface area contributed by atoms with Crippen LogP contribution in [0.15, 0.2) is 47.4 Å². The lowest BCUT2D eigenvalue weighted by molar-refractivity contribution is 0.100. The molecule has 0 radical (unpaired) electrons. The van der Waals surface area contributed by atoms with E-state index in [-0.39, 0.29) is 5.92 Å². The SMILES string of the molecule is NC(=O)c1cnccc1N1CCC(c2nc(-c3ccccn3)no2)CC1. The number of rotatable bonds is 4. The first-order valence-corrected chi connectivity index (χ1v) is 8.46. The van der Waals surface area contributed by atoms with E-state index in [2.05, 4.69) is 25.0 Å². The van der Waals surface area contributed by atoms with Crippen LogP contribution in [0.3, 0.4) is 0 Å². The fourth-order valence-corrected chi connectivity index (χ4v) is 3.22. The lowest BCUT2D eigenvalue weighted by atomic mass is 9.96. The summed E-state index contributed by atoms with van der Waals surface area (Å²) in [6, 6.07) is 7.42. The monoisotopic (exact) mass is 350 g/mol. The smallest absolute Gasteiger partial charge is 0.252 e. The van der Waals surface area contributed by atoms with E-state index in [1.807, 2.05) is 24.3 Å². The Morgan fingerprint density at radius 3 is 2.77 bits per heavy atom. The van der Waals surface area contributed by atoms with Crippen LogP contribution in [0.4, 0.5) is 5.69 Å². The van der Waals surface area contributed by atoms with Gasteiger partial charge >= 0.3 is 0 Å². The molecule has 0 atom stereocenters. The molecule has 4 rings (SSSR count). The van der Waals surface area contributed by atoms with E-state index in [0.29, 0.717) is 23.0 Å². The molecule has 0 spiro atoms. The second kappa shape index (κ2) is 6.91. The summed E-state index contributed by atoms with van der Waals surface area (Å²) in [5.41, 5.74) is 7.42. The van der Waals surface area contributed by atoms with E-state index in [4.69, 9.17) is 10.3 Å². The standard InChI is InChI=1S/C18H18N6O2/c19-16(25)13-11-20-8-4-15(13)24-9-5-12(6-10-24)18-22-17(23-26-18)14-3-1-2-7-21-14/h1-4,7-8,11-12H,5-6,9-10H2,(H2,19,25). The third kappa shape index (κ3) is 3.13. The summed E-state index contributed by atoms with van der Waals surface area (Å²) in [4.78, 5) is 26.5. The van der Waals surface area contributed by atoms with Crippen LogP contribution in [0.25, 0.3) is 11.5 Å². The van der Waals surface area contributed by atoms with Crippen molar-refractivity contribution in [3.8, 4) is 11.5 Å². The van der Waals surface area contributed by atoms with Crippen molar-refractivity contribution < 1.29 is 9.32 Å². The van der Waals surface area contributed by atoms with Gasteiger partial charge in [-0.3, -0.25) is 14.8 Å². The second-order valence-electron chi connectivity index (χ2n) is 6.19. The van der Waals surface area contributed by atoms with Crippen LogP contribution in [-0.4, -0.2) is 39.1 Å². The van der Waals surface area contributed by atoms with Crippen molar-refractivity contribution >= 4 is 11.6 Å². The van der Waals surface area contributed by atoms with Gasteiger partial charge < -0.3 is 15.2 Å². The summed E-state index contributed by atoms with van der Waals surface area (Å²) in [6.45, 7) is 1.55. The highest BCUT2D eigenvalue weighted by molar-refractivity contribution is 5.98. The highest BCUT2D eigenvalue weighted by Gasteiger charge is 2.27. The van der Waals surface area contributed by atoms with Crippen molar-refractivity contribution in [2.75, 3.05) is 18.0 Å². The molecule has 0 saturated carbocycles. The van der Waals surface area contributed by atoms with Gasteiger partial charge in [0.1, 0.15) is 5.69 Å². The summed E-state index contributed by atoms with van der Waals surface area (Å²) in [6.07, 6.45) is 6.59. The van der Waals surface area contributed by atoms with Gasteiger partial charge in [0.15, 0.2) is 0 Å². The molecule has 3 aromatic rings. The molecule has 3 aromatic heterocycles. The average Bonchev–Trinajstić information content (AvgIpc) is 3.19. The first-order chi connectivity index (χ1) is 12.7. The molecule has 1 fully saturated rings. The van der Waals surface area contributed by atoms with Crippen LogP contribution < -0.4 is 10.6 Å². The molecule has 2 N–H and O–H groups in total. The highest BCUT2D eigenvalue weighted by Crippen LogP contribution is 2.31. The number of primary amides is 1. The zero-order valence-corrected chi connectivity index (χ0v) is 14.1. The van der Waals surface area contributed by atoms with Crippen molar-refractivity contribution in [3.63, 3.8) is 0 Å². The van der Waals surface area contributed by atoms with Gasteiger partial charge in [-0.1, -0.05) is 11.2 Å². The maximum atomic E-state index is 11.6. The number of anilines is 1. The van der Waals surface area contributed by atoms with Crippen molar-refractivity contribution in [1.82, 2.24) is 20.1 Å². The van der Waals surface area contributed by atoms with Crippen molar-refractivity contribution in [1.29, 1.82) is 0 Å². The predicted molar refractivity (Wildman–Crippen MR) is 94.5 cm³/mol. The fourth-order valence-electron chi connectivity index (χ4n) is 3.22.